The minimum absolute atomic E-state index is 0.196. The minimum atomic E-state index is 0.196. The number of hydrazone groups is 1. The standard InChI is InChI=1S/C18H18N6OS/c1-2-6-13-7-5-8-14(16(13)25)11-20-22-17-21-18(24-23-17)26-12-15-9-3-4-10-19-15/h2-5,7-11,25H,1,6,12H2,(H2,21,22,23,24)/b20-11+. The third kappa shape index (κ3) is 4.70. The summed E-state index contributed by atoms with van der Waals surface area (Å²) in [6, 6.07) is 11.3. The Morgan fingerprint density at radius 1 is 1.27 bits per heavy atom. The van der Waals surface area contributed by atoms with Crippen LogP contribution in [0.2, 0.25) is 0 Å². The van der Waals surface area contributed by atoms with Gasteiger partial charge in [-0.1, -0.05) is 36.0 Å². The number of pyridine rings is 1. The number of aromatic amines is 1. The molecule has 26 heavy (non-hydrogen) atoms. The Bertz CT molecular complexity index is 894. The van der Waals surface area contributed by atoms with E-state index in [9.17, 15) is 5.11 Å². The van der Waals surface area contributed by atoms with Gasteiger partial charge in [0.05, 0.1) is 11.9 Å². The normalized spacial score (nSPS) is 10.9. The second-order valence-electron chi connectivity index (χ2n) is 5.29. The number of phenols is 1. The molecule has 3 aromatic rings. The average molecular weight is 366 g/mol. The van der Waals surface area contributed by atoms with E-state index in [2.05, 4.69) is 37.3 Å². The molecule has 7 nitrogen and oxygen atoms in total. The molecule has 0 aliphatic rings. The van der Waals surface area contributed by atoms with Crippen LogP contribution in [0.3, 0.4) is 0 Å². The second kappa shape index (κ2) is 8.82. The number of rotatable bonds is 8. The molecule has 0 aliphatic heterocycles. The minimum Gasteiger partial charge on any atom is -0.507 e. The Kier molecular flexibility index (Phi) is 6.00. The Hall–Kier alpha value is -3.13. The zero-order chi connectivity index (χ0) is 18.2. The predicted molar refractivity (Wildman–Crippen MR) is 103 cm³/mol. The van der Waals surface area contributed by atoms with Crippen molar-refractivity contribution in [1.82, 2.24) is 20.2 Å². The fourth-order valence-corrected chi connectivity index (χ4v) is 2.90. The van der Waals surface area contributed by atoms with Crippen LogP contribution < -0.4 is 5.43 Å². The van der Waals surface area contributed by atoms with Gasteiger partial charge in [-0.25, -0.2) is 10.5 Å². The van der Waals surface area contributed by atoms with E-state index in [1.165, 1.54) is 18.0 Å². The summed E-state index contributed by atoms with van der Waals surface area (Å²) >= 11 is 1.48. The Balaban J connectivity index is 1.57. The summed E-state index contributed by atoms with van der Waals surface area (Å²) in [6.07, 6.45) is 5.63. The topological polar surface area (TPSA) is 99.1 Å². The number of aromatic nitrogens is 4. The van der Waals surface area contributed by atoms with Crippen LogP contribution in [0.4, 0.5) is 5.95 Å². The van der Waals surface area contributed by atoms with Crippen molar-refractivity contribution in [3.05, 3.63) is 72.1 Å². The number of aromatic hydroxyl groups is 1. The van der Waals surface area contributed by atoms with E-state index in [0.717, 1.165) is 11.3 Å². The van der Waals surface area contributed by atoms with Gasteiger partial charge in [0, 0.05) is 17.5 Å². The van der Waals surface area contributed by atoms with Gasteiger partial charge >= 0.3 is 0 Å². The van der Waals surface area contributed by atoms with Crippen molar-refractivity contribution in [3.63, 3.8) is 0 Å². The molecule has 0 saturated heterocycles. The average Bonchev–Trinajstić information content (AvgIpc) is 3.12. The molecule has 132 valence electrons. The van der Waals surface area contributed by atoms with Gasteiger partial charge in [-0.2, -0.15) is 10.1 Å². The van der Waals surface area contributed by atoms with Gasteiger partial charge < -0.3 is 5.11 Å². The molecule has 8 heteroatoms. The van der Waals surface area contributed by atoms with Crippen molar-refractivity contribution in [2.45, 2.75) is 17.3 Å². The molecule has 0 bridgehead atoms. The highest BCUT2D eigenvalue weighted by atomic mass is 32.2. The van der Waals surface area contributed by atoms with E-state index in [-0.39, 0.29) is 5.75 Å². The smallest absolute Gasteiger partial charge is 0.240 e. The van der Waals surface area contributed by atoms with Gasteiger partial charge in [0.2, 0.25) is 11.1 Å². The number of para-hydroxylation sites is 1. The van der Waals surface area contributed by atoms with Crippen molar-refractivity contribution in [2.24, 2.45) is 5.10 Å². The highest BCUT2D eigenvalue weighted by molar-refractivity contribution is 7.98. The Labute approximate surface area is 155 Å². The third-order valence-electron chi connectivity index (χ3n) is 3.43. The number of allylic oxidation sites excluding steroid dienone is 1. The maximum Gasteiger partial charge on any atom is 0.240 e. The molecular formula is C18H18N6OS. The number of benzene rings is 1. The first-order chi connectivity index (χ1) is 12.8. The summed E-state index contributed by atoms with van der Waals surface area (Å²) in [4.78, 5) is 8.55. The number of nitrogens with zero attached hydrogens (tertiary/aromatic N) is 4. The zero-order valence-electron chi connectivity index (χ0n) is 14.0. The highest BCUT2D eigenvalue weighted by Crippen LogP contribution is 2.22. The van der Waals surface area contributed by atoms with Crippen LogP contribution in [0.5, 0.6) is 5.75 Å². The molecule has 3 N–H and O–H groups in total. The first kappa shape index (κ1) is 17.7. The number of nitrogens with one attached hydrogen (secondary N) is 2. The van der Waals surface area contributed by atoms with E-state index in [1.807, 2.05) is 30.3 Å². The Morgan fingerprint density at radius 2 is 2.19 bits per heavy atom. The summed E-state index contributed by atoms with van der Waals surface area (Å²) in [6.45, 7) is 3.68. The van der Waals surface area contributed by atoms with Gasteiger partial charge in [0.15, 0.2) is 0 Å². The van der Waals surface area contributed by atoms with Crippen molar-refractivity contribution in [2.75, 3.05) is 5.43 Å². The number of hydrogen-bond donors (Lipinski definition) is 3. The van der Waals surface area contributed by atoms with Crippen molar-refractivity contribution < 1.29 is 5.11 Å². The van der Waals surface area contributed by atoms with Crippen molar-refractivity contribution >= 4 is 23.9 Å². The maximum absolute atomic E-state index is 10.2. The molecule has 0 aliphatic carbocycles. The van der Waals surface area contributed by atoms with Crippen molar-refractivity contribution in [3.8, 4) is 5.75 Å². The molecule has 0 fully saturated rings. The molecule has 1 aromatic carbocycles. The molecule has 0 spiro atoms. The van der Waals surface area contributed by atoms with E-state index < -0.39 is 0 Å². The molecule has 0 radical (unpaired) electrons. The van der Waals surface area contributed by atoms with Gasteiger partial charge in [0.1, 0.15) is 5.75 Å². The van der Waals surface area contributed by atoms with Gasteiger partial charge in [0.25, 0.3) is 0 Å². The lowest BCUT2D eigenvalue weighted by Gasteiger charge is -2.04. The van der Waals surface area contributed by atoms with Gasteiger partial charge in [-0.3, -0.25) is 4.98 Å². The number of H-pyrrole nitrogens is 1. The van der Waals surface area contributed by atoms with Gasteiger partial charge in [-0.05, 0) is 30.2 Å². The highest BCUT2D eigenvalue weighted by Gasteiger charge is 2.05. The number of thioether (sulfide) groups is 1. The van der Waals surface area contributed by atoms with Gasteiger partial charge in [-0.15, -0.1) is 11.7 Å². The molecule has 0 saturated carbocycles. The number of hydrogen-bond acceptors (Lipinski definition) is 7. The first-order valence-electron chi connectivity index (χ1n) is 7.92. The predicted octanol–water partition coefficient (Wildman–Crippen LogP) is 3.37. The molecule has 0 amide bonds. The lowest BCUT2D eigenvalue weighted by Crippen LogP contribution is -1.94. The van der Waals surface area contributed by atoms with Crippen molar-refractivity contribution in [1.29, 1.82) is 0 Å². The van der Waals surface area contributed by atoms with E-state index >= 15 is 0 Å². The van der Waals surface area contributed by atoms with E-state index in [1.54, 1.807) is 18.3 Å². The lowest BCUT2D eigenvalue weighted by molar-refractivity contribution is 0.469. The summed E-state index contributed by atoms with van der Waals surface area (Å²) in [5.74, 6) is 1.30. The van der Waals surface area contributed by atoms with Crippen LogP contribution in [0.25, 0.3) is 0 Å². The maximum atomic E-state index is 10.2. The largest absolute Gasteiger partial charge is 0.507 e. The van der Waals surface area contributed by atoms with Crippen LogP contribution in [-0.2, 0) is 12.2 Å². The summed E-state index contributed by atoms with van der Waals surface area (Å²) in [5.41, 5.74) is 5.15. The fourth-order valence-electron chi connectivity index (χ4n) is 2.18. The summed E-state index contributed by atoms with van der Waals surface area (Å²) in [7, 11) is 0. The van der Waals surface area contributed by atoms with E-state index in [0.29, 0.717) is 28.8 Å². The monoisotopic (exact) mass is 366 g/mol. The molecule has 2 aromatic heterocycles. The molecule has 0 unspecified atom stereocenters. The molecule has 3 rings (SSSR count). The SMILES string of the molecule is C=CCc1cccc(/C=N/Nc2nc(SCc3ccccn3)n[nH]2)c1O. The van der Waals surface area contributed by atoms with E-state index in [4.69, 9.17) is 0 Å². The quantitative estimate of drug-likeness (QED) is 0.245. The second-order valence-corrected chi connectivity index (χ2v) is 6.24. The first-order valence-corrected chi connectivity index (χ1v) is 8.91. The summed E-state index contributed by atoms with van der Waals surface area (Å²) in [5, 5.41) is 21.8. The molecule has 2 heterocycles. The molecule has 0 atom stereocenters. The lowest BCUT2D eigenvalue weighted by atomic mass is 10.1. The zero-order valence-corrected chi connectivity index (χ0v) is 14.8. The fraction of sp³-hybridized carbons (Fsp3) is 0.111. The molecular weight excluding hydrogens is 348 g/mol. The summed E-state index contributed by atoms with van der Waals surface area (Å²) < 4.78 is 0. The number of anilines is 1. The van der Waals surface area contributed by atoms with Crippen LogP contribution >= 0.6 is 11.8 Å². The number of phenolic OH excluding ortho intramolecular Hbond substituents is 1. The van der Waals surface area contributed by atoms with Crippen LogP contribution in [0.1, 0.15) is 16.8 Å². The van der Waals surface area contributed by atoms with Crippen LogP contribution in [0.15, 0.2) is 65.5 Å². The van der Waals surface area contributed by atoms with Crippen LogP contribution in [-0.4, -0.2) is 31.5 Å². The Morgan fingerprint density at radius 3 is 3.00 bits per heavy atom. The third-order valence-corrected chi connectivity index (χ3v) is 4.31. The van der Waals surface area contributed by atoms with Crippen LogP contribution in [0, 0.1) is 0 Å².